The Morgan fingerprint density at radius 3 is 2.81 bits per heavy atom. The zero-order chi connectivity index (χ0) is 15.0. The average molecular weight is 282 g/mol. The summed E-state index contributed by atoms with van der Waals surface area (Å²) in [5, 5.41) is 0. The molecule has 0 spiro atoms. The molecule has 1 unspecified atom stereocenters. The maximum absolute atomic E-state index is 13.3. The van der Waals surface area contributed by atoms with Gasteiger partial charge in [-0.15, -0.1) is 0 Å². The van der Waals surface area contributed by atoms with E-state index in [2.05, 4.69) is 31.0 Å². The second kappa shape index (κ2) is 5.24. The first-order valence-electron chi connectivity index (χ1n) is 7.13. The van der Waals surface area contributed by atoms with Gasteiger partial charge in [-0.1, -0.05) is 12.1 Å². The van der Waals surface area contributed by atoms with Crippen LogP contribution in [0, 0.1) is 12.7 Å². The molecule has 0 bridgehead atoms. The molecule has 1 aliphatic heterocycles. The summed E-state index contributed by atoms with van der Waals surface area (Å²) in [7, 11) is 0. The summed E-state index contributed by atoms with van der Waals surface area (Å²) in [6, 6.07) is 11.0. The molecule has 1 heterocycles. The van der Waals surface area contributed by atoms with Crippen molar-refractivity contribution < 1.29 is 4.39 Å². The molecule has 3 rings (SSSR count). The van der Waals surface area contributed by atoms with Crippen LogP contribution in [0.3, 0.4) is 0 Å². The molecule has 2 aromatic carbocycles. The number of benzene rings is 2. The number of hydrogen-bond acceptors (Lipinski definition) is 2. The molecule has 1 aliphatic rings. The summed E-state index contributed by atoms with van der Waals surface area (Å²) < 4.78 is 13.3. The van der Waals surface area contributed by atoms with Crippen molar-refractivity contribution in [2.24, 2.45) is 0 Å². The minimum absolute atomic E-state index is 0.189. The molecule has 21 heavy (non-hydrogen) atoms. The Labute approximate surface area is 124 Å². The lowest BCUT2D eigenvalue weighted by Gasteiger charge is -2.34. The Morgan fingerprint density at radius 1 is 1.24 bits per heavy atom. The third kappa shape index (κ3) is 2.64. The fraction of sp³-hybridized carbons (Fsp3) is 0.222. The summed E-state index contributed by atoms with van der Waals surface area (Å²) in [5.41, 5.74) is 11.4. The van der Waals surface area contributed by atoms with Gasteiger partial charge in [-0.3, -0.25) is 0 Å². The number of halogens is 1. The molecular weight excluding hydrogens is 263 g/mol. The third-order valence-corrected chi connectivity index (χ3v) is 4.06. The van der Waals surface area contributed by atoms with Crippen LogP contribution < -0.4 is 5.73 Å². The molecule has 0 aromatic heterocycles. The summed E-state index contributed by atoms with van der Waals surface area (Å²) in [6.07, 6.45) is 4.15. The van der Waals surface area contributed by atoms with Gasteiger partial charge in [0.15, 0.2) is 0 Å². The van der Waals surface area contributed by atoms with E-state index in [-0.39, 0.29) is 11.9 Å². The normalized spacial score (nSPS) is 16.9. The lowest BCUT2D eigenvalue weighted by atomic mass is 9.92. The number of nitrogens with two attached hydrogens (primary N) is 1. The van der Waals surface area contributed by atoms with Gasteiger partial charge in [-0.05, 0) is 66.4 Å². The minimum atomic E-state index is -0.189. The smallest absolute Gasteiger partial charge is 0.123 e. The molecular formula is C18H19FN2. The second-order valence-electron chi connectivity index (χ2n) is 5.63. The maximum Gasteiger partial charge on any atom is 0.123 e. The predicted octanol–water partition coefficient (Wildman–Crippen LogP) is 4.26. The molecule has 0 saturated heterocycles. The van der Waals surface area contributed by atoms with Gasteiger partial charge in [-0.25, -0.2) is 4.39 Å². The number of nitrogen functional groups attached to an aromatic ring is 1. The quantitative estimate of drug-likeness (QED) is 0.834. The monoisotopic (exact) mass is 282 g/mol. The third-order valence-electron chi connectivity index (χ3n) is 4.06. The molecule has 0 aliphatic carbocycles. The Kier molecular flexibility index (Phi) is 3.42. The van der Waals surface area contributed by atoms with Crippen molar-refractivity contribution in [2.75, 3.05) is 5.73 Å². The van der Waals surface area contributed by atoms with E-state index in [1.54, 1.807) is 12.1 Å². The minimum Gasteiger partial charge on any atom is -0.399 e. The molecule has 2 nitrogen and oxygen atoms in total. The SMILES string of the molecule is Cc1cc(N)cc2c1C(C)N(Cc1cccc(F)c1)C=C2. The van der Waals surface area contributed by atoms with Crippen LogP contribution >= 0.6 is 0 Å². The predicted molar refractivity (Wildman–Crippen MR) is 85.0 cm³/mol. The van der Waals surface area contributed by atoms with Crippen LogP contribution in [0.2, 0.25) is 0 Å². The number of rotatable bonds is 2. The molecule has 1 atom stereocenters. The first-order valence-corrected chi connectivity index (χ1v) is 7.13. The largest absolute Gasteiger partial charge is 0.399 e. The molecule has 3 heteroatoms. The second-order valence-corrected chi connectivity index (χ2v) is 5.63. The van der Waals surface area contributed by atoms with E-state index in [1.165, 1.54) is 22.8 Å². The van der Waals surface area contributed by atoms with E-state index >= 15 is 0 Å². The fourth-order valence-electron chi connectivity index (χ4n) is 3.07. The van der Waals surface area contributed by atoms with Gasteiger partial charge in [0.2, 0.25) is 0 Å². The highest BCUT2D eigenvalue weighted by Crippen LogP contribution is 2.34. The lowest BCUT2D eigenvalue weighted by Crippen LogP contribution is -2.25. The maximum atomic E-state index is 13.3. The highest BCUT2D eigenvalue weighted by molar-refractivity contribution is 5.64. The van der Waals surface area contributed by atoms with Crippen molar-refractivity contribution in [3.05, 3.63) is 70.7 Å². The van der Waals surface area contributed by atoms with Gasteiger partial charge < -0.3 is 10.6 Å². The highest BCUT2D eigenvalue weighted by atomic mass is 19.1. The molecule has 2 aromatic rings. The van der Waals surface area contributed by atoms with E-state index in [4.69, 9.17) is 5.73 Å². The molecule has 0 saturated carbocycles. The molecule has 0 radical (unpaired) electrons. The van der Waals surface area contributed by atoms with Gasteiger partial charge in [0, 0.05) is 18.4 Å². The topological polar surface area (TPSA) is 29.3 Å². The number of aryl methyl sites for hydroxylation is 1. The van der Waals surface area contributed by atoms with Gasteiger partial charge in [0.1, 0.15) is 5.82 Å². The van der Waals surface area contributed by atoms with Gasteiger partial charge >= 0.3 is 0 Å². The number of anilines is 1. The van der Waals surface area contributed by atoms with Crippen LogP contribution in [0.15, 0.2) is 42.6 Å². The van der Waals surface area contributed by atoms with Crippen molar-refractivity contribution in [3.63, 3.8) is 0 Å². The van der Waals surface area contributed by atoms with Crippen LogP contribution in [-0.2, 0) is 6.54 Å². The molecule has 2 N–H and O–H groups in total. The number of nitrogens with zero attached hydrogens (tertiary/aromatic N) is 1. The van der Waals surface area contributed by atoms with Gasteiger partial charge in [0.05, 0.1) is 6.04 Å². The Bertz CT molecular complexity index is 706. The summed E-state index contributed by atoms with van der Waals surface area (Å²) in [5.74, 6) is -0.189. The Balaban J connectivity index is 1.91. The molecule has 108 valence electrons. The lowest BCUT2D eigenvalue weighted by molar-refractivity contribution is 0.286. The zero-order valence-corrected chi connectivity index (χ0v) is 12.3. The van der Waals surface area contributed by atoms with Crippen LogP contribution in [0.1, 0.15) is 35.2 Å². The zero-order valence-electron chi connectivity index (χ0n) is 12.3. The van der Waals surface area contributed by atoms with Crippen molar-refractivity contribution in [1.29, 1.82) is 0 Å². The van der Waals surface area contributed by atoms with Crippen LogP contribution in [0.25, 0.3) is 6.08 Å². The van der Waals surface area contributed by atoms with E-state index in [9.17, 15) is 4.39 Å². The Morgan fingerprint density at radius 2 is 2.05 bits per heavy atom. The standard InChI is InChI=1S/C18H19FN2/c1-12-8-17(20)10-15-6-7-21(13(2)18(12)15)11-14-4-3-5-16(19)9-14/h3-10,13H,11,20H2,1-2H3. The highest BCUT2D eigenvalue weighted by Gasteiger charge is 2.21. The van der Waals surface area contributed by atoms with Crippen molar-refractivity contribution >= 4 is 11.8 Å². The number of fused-ring (bicyclic) bond motifs is 1. The van der Waals surface area contributed by atoms with Crippen molar-refractivity contribution in [1.82, 2.24) is 4.90 Å². The molecule has 0 amide bonds. The van der Waals surface area contributed by atoms with Crippen LogP contribution in [-0.4, -0.2) is 4.90 Å². The first-order chi connectivity index (χ1) is 10.0. The fourth-order valence-corrected chi connectivity index (χ4v) is 3.07. The summed E-state index contributed by atoms with van der Waals surface area (Å²) in [6.45, 7) is 4.95. The molecule has 0 fully saturated rings. The summed E-state index contributed by atoms with van der Waals surface area (Å²) in [4.78, 5) is 2.22. The van der Waals surface area contributed by atoms with Crippen LogP contribution in [0.5, 0.6) is 0 Å². The van der Waals surface area contributed by atoms with Crippen LogP contribution in [0.4, 0.5) is 10.1 Å². The van der Waals surface area contributed by atoms with Gasteiger partial charge in [0.25, 0.3) is 0 Å². The van der Waals surface area contributed by atoms with E-state index in [0.29, 0.717) is 6.54 Å². The van der Waals surface area contributed by atoms with Crippen molar-refractivity contribution in [3.8, 4) is 0 Å². The van der Waals surface area contributed by atoms with E-state index < -0.39 is 0 Å². The van der Waals surface area contributed by atoms with E-state index in [1.807, 2.05) is 18.2 Å². The van der Waals surface area contributed by atoms with E-state index in [0.717, 1.165) is 11.3 Å². The first kappa shape index (κ1) is 13.7. The average Bonchev–Trinajstić information content (AvgIpc) is 2.41. The Hall–Kier alpha value is -2.29. The van der Waals surface area contributed by atoms with Crippen molar-refractivity contribution in [2.45, 2.75) is 26.4 Å². The number of hydrogen-bond donors (Lipinski definition) is 1. The van der Waals surface area contributed by atoms with Gasteiger partial charge in [-0.2, -0.15) is 0 Å². The summed E-state index contributed by atoms with van der Waals surface area (Å²) >= 11 is 0.